The molecule has 0 bridgehead atoms. The molecule has 3 N–H and O–H groups in total. The monoisotopic (exact) mass is 257 g/mol. The molecule has 0 spiro atoms. The minimum absolute atomic E-state index is 0.325. The molecule has 5 nitrogen and oxygen atoms in total. The van der Waals surface area contributed by atoms with E-state index >= 15 is 0 Å². The summed E-state index contributed by atoms with van der Waals surface area (Å²) in [7, 11) is 4.12. The summed E-state index contributed by atoms with van der Waals surface area (Å²) >= 11 is 0. The summed E-state index contributed by atoms with van der Waals surface area (Å²) in [6.07, 6.45) is 3.16. The fourth-order valence-electron chi connectivity index (χ4n) is 2.65. The van der Waals surface area contributed by atoms with Gasteiger partial charge in [-0.1, -0.05) is 6.92 Å². The average Bonchev–Trinajstić information content (AvgIpc) is 2.68. The molecule has 1 saturated carbocycles. The molecule has 0 aliphatic heterocycles. The number of nitrogens with two attached hydrogens (primary N) is 1. The highest BCUT2D eigenvalue weighted by Crippen LogP contribution is 2.31. The Morgan fingerprint density at radius 2 is 2.06 bits per heavy atom. The van der Waals surface area contributed by atoms with E-state index in [9.17, 15) is 4.79 Å². The van der Waals surface area contributed by atoms with Crippen molar-refractivity contribution in [2.75, 3.05) is 33.7 Å². The molecule has 0 aromatic carbocycles. The number of aliphatic carboxylic acids is 1. The van der Waals surface area contributed by atoms with E-state index in [-0.39, 0.29) is 0 Å². The third-order valence-corrected chi connectivity index (χ3v) is 3.81. The lowest BCUT2D eigenvalue weighted by Crippen LogP contribution is -2.48. The van der Waals surface area contributed by atoms with Gasteiger partial charge in [0.2, 0.25) is 0 Å². The van der Waals surface area contributed by atoms with Gasteiger partial charge in [-0.2, -0.15) is 0 Å². The summed E-state index contributed by atoms with van der Waals surface area (Å²) in [4.78, 5) is 15.7. The molecular weight excluding hydrogens is 230 g/mol. The standard InChI is InChI=1S/C13H27N3O2/c1-4-7-16(9-8-15(2)3)11-5-6-13(14,10-11)12(17)18/h11H,4-10,14H2,1-3H3,(H,17,18). The summed E-state index contributed by atoms with van der Waals surface area (Å²) in [6, 6.07) is 0.325. The molecule has 0 aromatic rings. The van der Waals surface area contributed by atoms with E-state index in [0.717, 1.165) is 32.5 Å². The van der Waals surface area contributed by atoms with Gasteiger partial charge in [-0.25, -0.2) is 0 Å². The topological polar surface area (TPSA) is 69.8 Å². The Balaban J connectivity index is 2.57. The maximum atomic E-state index is 11.2. The van der Waals surface area contributed by atoms with Crippen LogP contribution >= 0.6 is 0 Å². The van der Waals surface area contributed by atoms with Crippen LogP contribution in [0.1, 0.15) is 32.6 Å². The average molecular weight is 257 g/mol. The van der Waals surface area contributed by atoms with Gasteiger partial charge in [0.1, 0.15) is 5.54 Å². The SMILES string of the molecule is CCCN(CCN(C)C)C1CCC(N)(C(=O)O)C1. The van der Waals surface area contributed by atoms with Crippen LogP contribution in [0.25, 0.3) is 0 Å². The normalized spacial score (nSPS) is 28.2. The molecule has 0 saturated heterocycles. The van der Waals surface area contributed by atoms with Gasteiger partial charge in [-0.15, -0.1) is 0 Å². The fraction of sp³-hybridized carbons (Fsp3) is 0.923. The van der Waals surface area contributed by atoms with Crippen LogP contribution in [-0.2, 0) is 4.79 Å². The van der Waals surface area contributed by atoms with Crippen molar-refractivity contribution in [3.05, 3.63) is 0 Å². The van der Waals surface area contributed by atoms with Crippen molar-refractivity contribution < 1.29 is 9.90 Å². The fourth-order valence-corrected chi connectivity index (χ4v) is 2.65. The Morgan fingerprint density at radius 3 is 2.50 bits per heavy atom. The highest BCUT2D eigenvalue weighted by molar-refractivity contribution is 5.79. The Labute approximate surface area is 110 Å². The predicted molar refractivity (Wildman–Crippen MR) is 72.6 cm³/mol. The molecule has 1 fully saturated rings. The van der Waals surface area contributed by atoms with Crippen LogP contribution in [0, 0.1) is 0 Å². The van der Waals surface area contributed by atoms with Crippen molar-refractivity contribution in [3.8, 4) is 0 Å². The van der Waals surface area contributed by atoms with Gasteiger partial charge in [0, 0.05) is 19.1 Å². The first kappa shape index (κ1) is 15.4. The molecule has 0 amide bonds. The Morgan fingerprint density at radius 1 is 1.39 bits per heavy atom. The number of hydrogen-bond donors (Lipinski definition) is 2. The maximum absolute atomic E-state index is 11.2. The summed E-state index contributed by atoms with van der Waals surface area (Å²) in [6.45, 7) is 5.17. The van der Waals surface area contributed by atoms with Crippen LogP contribution in [-0.4, -0.2) is 66.2 Å². The zero-order valence-corrected chi connectivity index (χ0v) is 11.9. The first-order valence-corrected chi connectivity index (χ1v) is 6.80. The summed E-state index contributed by atoms with van der Waals surface area (Å²) in [5.41, 5.74) is 4.94. The summed E-state index contributed by atoms with van der Waals surface area (Å²) in [5, 5.41) is 9.17. The minimum atomic E-state index is -1.01. The molecule has 1 aliphatic carbocycles. The lowest BCUT2D eigenvalue weighted by atomic mass is 9.99. The van der Waals surface area contributed by atoms with Gasteiger partial charge in [0.25, 0.3) is 0 Å². The minimum Gasteiger partial charge on any atom is -0.480 e. The molecule has 0 heterocycles. The second-order valence-corrected chi connectivity index (χ2v) is 5.70. The molecule has 18 heavy (non-hydrogen) atoms. The number of carboxylic acids is 1. The number of likely N-dealkylation sites (N-methyl/N-ethyl adjacent to an activating group) is 1. The van der Waals surface area contributed by atoms with Crippen molar-refractivity contribution in [1.82, 2.24) is 9.80 Å². The van der Waals surface area contributed by atoms with Crippen LogP contribution in [0.15, 0.2) is 0 Å². The second kappa shape index (κ2) is 6.50. The van der Waals surface area contributed by atoms with Crippen molar-refractivity contribution in [1.29, 1.82) is 0 Å². The molecule has 2 unspecified atom stereocenters. The van der Waals surface area contributed by atoms with Crippen molar-refractivity contribution in [2.24, 2.45) is 5.73 Å². The van der Waals surface area contributed by atoms with Crippen LogP contribution in [0.4, 0.5) is 0 Å². The molecule has 1 aliphatic rings. The van der Waals surface area contributed by atoms with Crippen LogP contribution in [0.2, 0.25) is 0 Å². The maximum Gasteiger partial charge on any atom is 0.323 e. The van der Waals surface area contributed by atoms with E-state index in [1.165, 1.54) is 0 Å². The van der Waals surface area contributed by atoms with E-state index in [2.05, 4.69) is 30.8 Å². The molecular formula is C13H27N3O2. The smallest absolute Gasteiger partial charge is 0.323 e. The lowest BCUT2D eigenvalue weighted by Gasteiger charge is -2.30. The largest absolute Gasteiger partial charge is 0.480 e. The summed E-state index contributed by atoms with van der Waals surface area (Å²) in [5.74, 6) is -0.853. The van der Waals surface area contributed by atoms with Gasteiger partial charge in [0.15, 0.2) is 0 Å². The van der Waals surface area contributed by atoms with Crippen LogP contribution < -0.4 is 5.73 Å². The number of carboxylic acid groups (broad SMARTS) is 1. The van der Waals surface area contributed by atoms with Crippen molar-refractivity contribution >= 4 is 5.97 Å². The Hall–Kier alpha value is -0.650. The van der Waals surface area contributed by atoms with Crippen LogP contribution in [0.3, 0.4) is 0 Å². The molecule has 5 heteroatoms. The highest BCUT2D eigenvalue weighted by Gasteiger charge is 2.43. The van der Waals surface area contributed by atoms with Crippen LogP contribution in [0.5, 0.6) is 0 Å². The molecule has 2 atom stereocenters. The van der Waals surface area contributed by atoms with Gasteiger partial charge in [-0.05, 0) is 46.3 Å². The Kier molecular flexibility index (Phi) is 5.56. The number of rotatable bonds is 7. The molecule has 0 aromatic heterocycles. The molecule has 106 valence electrons. The second-order valence-electron chi connectivity index (χ2n) is 5.70. The van der Waals surface area contributed by atoms with Crippen molar-refractivity contribution in [2.45, 2.75) is 44.2 Å². The van der Waals surface area contributed by atoms with E-state index < -0.39 is 11.5 Å². The molecule has 1 rings (SSSR count). The first-order valence-electron chi connectivity index (χ1n) is 6.80. The van der Waals surface area contributed by atoms with Gasteiger partial charge >= 0.3 is 5.97 Å². The van der Waals surface area contributed by atoms with Crippen molar-refractivity contribution in [3.63, 3.8) is 0 Å². The molecule has 0 radical (unpaired) electrons. The lowest BCUT2D eigenvalue weighted by molar-refractivity contribution is -0.143. The number of carbonyl (C=O) groups is 1. The third kappa shape index (κ3) is 3.93. The van der Waals surface area contributed by atoms with Gasteiger partial charge in [0.05, 0.1) is 0 Å². The van der Waals surface area contributed by atoms with E-state index in [4.69, 9.17) is 10.8 Å². The summed E-state index contributed by atoms with van der Waals surface area (Å²) < 4.78 is 0. The van der Waals surface area contributed by atoms with E-state index in [0.29, 0.717) is 18.9 Å². The zero-order chi connectivity index (χ0) is 13.8. The highest BCUT2D eigenvalue weighted by atomic mass is 16.4. The third-order valence-electron chi connectivity index (χ3n) is 3.81. The number of nitrogens with zero attached hydrogens (tertiary/aromatic N) is 2. The van der Waals surface area contributed by atoms with Gasteiger partial charge < -0.3 is 15.7 Å². The van der Waals surface area contributed by atoms with Gasteiger partial charge in [-0.3, -0.25) is 9.69 Å². The first-order chi connectivity index (χ1) is 8.39. The van der Waals surface area contributed by atoms with E-state index in [1.807, 2.05) is 0 Å². The quantitative estimate of drug-likeness (QED) is 0.699. The zero-order valence-electron chi connectivity index (χ0n) is 11.9. The predicted octanol–water partition coefficient (Wildman–Crippen LogP) is 0.595. The number of hydrogen-bond acceptors (Lipinski definition) is 4. The Bertz CT molecular complexity index is 283. The van der Waals surface area contributed by atoms with E-state index in [1.54, 1.807) is 0 Å².